The van der Waals surface area contributed by atoms with Crippen LogP contribution in [0.15, 0.2) is 47.9 Å². The zero-order valence-corrected chi connectivity index (χ0v) is 18.7. The van der Waals surface area contributed by atoms with E-state index < -0.39 is 0 Å². The van der Waals surface area contributed by atoms with Crippen LogP contribution in [-0.2, 0) is 0 Å². The molecule has 1 unspecified atom stereocenters. The maximum atomic E-state index is 13.4. The van der Waals surface area contributed by atoms with E-state index in [4.69, 9.17) is 11.6 Å². The second-order valence-electron chi connectivity index (χ2n) is 6.13. The third-order valence-electron chi connectivity index (χ3n) is 4.31. The highest BCUT2D eigenvalue weighted by Crippen LogP contribution is 2.26. The fraction of sp³-hybridized carbons (Fsp3) is 0.316. The fourth-order valence-electron chi connectivity index (χ4n) is 2.86. The Bertz CT molecular complexity index is 968. The smallest absolute Gasteiger partial charge is 0.254 e. The van der Waals surface area contributed by atoms with Crippen molar-refractivity contribution >= 4 is 41.0 Å². The first-order valence-corrected chi connectivity index (χ1v) is 11.9. The molecule has 1 atom stereocenters. The van der Waals surface area contributed by atoms with E-state index in [1.807, 2.05) is 31.6 Å². The topological polar surface area (TPSA) is 76.8 Å². The molecular weight excluding hydrogens is 428 g/mol. The molecule has 0 saturated carbocycles. The monoisotopic (exact) mass is 448 g/mol. The summed E-state index contributed by atoms with van der Waals surface area (Å²) in [6.45, 7) is 2.49. The summed E-state index contributed by atoms with van der Waals surface area (Å²) in [6, 6.07) is 6.82. The average molecular weight is 449 g/mol. The van der Waals surface area contributed by atoms with Crippen molar-refractivity contribution in [1.82, 2.24) is 29.6 Å². The van der Waals surface area contributed by atoms with Crippen LogP contribution in [0, 0.1) is 0 Å². The van der Waals surface area contributed by atoms with E-state index in [-0.39, 0.29) is 11.9 Å². The number of amides is 1. The molecule has 0 aliphatic heterocycles. The molecule has 29 heavy (non-hydrogen) atoms. The van der Waals surface area contributed by atoms with Gasteiger partial charge in [-0.1, -0.05) is 11.6 Å². The van der Waals surface area contributed by atoms with Crippen molar-refractivity contribution in [3.63, 3.8) is 0 Å². The van der Waals surface area contributed by atoms with Gasteiger partial charge >= 0.3 is 0 Å². The Hall–Kier alpha value is -2.10. The second-order valence-corrected chi connectivity index (χ2v) is 8.43. The van der Waals surface area contributed by atoms with E-state index in [1.165, 1.54) is 6.33 Å². The Balaban J connectivity index is 1.96. The zero-order valence-electron chi connectivity index (χ0n) is 16.3. The minimum atomic E-state index is -0.335. The van der Waals surface area contributed by atoms with Crippen molar-refractivity contribution in [2.24, 2.45) is 0 Å². The van der Waals surface area contributed by atoms with Gasteiger partial charge in [0.15, 0.2) is 5.82 Å². The lowest BCUT2D eigenvalue weighted by Gasteiger charge is -2.29. The largest absolute Gasteiger partial charge is 0.328 e. The summed E-state index contributed by atoms with van der Waals surface area (Å²) in [7, 11) is 0. The molecule has 2 heterocycles. The predicted octanol–water partition coefficient (Wildman–Crippen LogP) is 4.00. The predicted molar refractivity (Wildman–Crippen MR) is 118 cm³/mol. The lowest BCUT2D eigenvalue weighted by Crippen LogP contribution is -2.37. The summed E-state index contributed by atoms with van der Waals surface area (Å²) >= 11 is 9.46. The van der Waals surface area contributed by atoms with E-state index >= 15 is 0 Å². The number of benzene rings is 1. The van der Waals surface area contributed by atoms with Gasteiger partial charge in [-0.3, -0.25) is 4.79 Å². The number of carbonyl (C=O) groups excluding carboxylic acids is 1. The Kier molecular flexibility index (Phi) is 7.51. The quantitative estimate of drug-likeness (QED) is 0.482. The van der Waals surface area contributed by atoms with Gasteiger partial charge < -0.3 is 4.90 Å². The van der Waals surface area contributed by atoms with Gasteiger partial charge in [-0.2, -0.15) is 21.5 Å². The number of hydrogen-bond acceptors (Lipinski definition) is 7. The third kappa shape index (κ3) is 5.09. The first-order valence-electron chi connectivity index (χ1n) is 8.87. The number of hydrogen-bond donors (Lipinski definition) is 0. The van der Waals surface area contributed by atoms with Gasteiger partial charge in [-0.05, 0) is 43.7 Å². The molecule has 2 aromatic heterocycles. The Labute approximate surface area is 183 Å². The molecule has 0 saturated heterocycles. The molecule has 0 radical (unpaired) electrons. The molecule has 0 bridgehead atoms. The van der Waals surface area contributed by atoms with E-state index in [9.17, 15) is 4.79 Å². The van der Waals surface area contributed by atoms with Crippen molar-refractivity contribution in [3.8, 4) is 5.95 Å². The second kappa shape index (κ2) is 10.1. The van der Waals surface area contributed by atoms with Crippen LogP contribution in [0.5, 0.6) is 0 Å². The average Bonchev–Trinajstić information content (AvgIpc) is 3.23. The standard InChI is InChI=1S/C19H21ClN6OS2/c1-13(17-23-12-24-26(17)19-21-5-4-6-22-19)25(7-8-28-2)18(27)14-9-15(20)11-16(10-14)29-3/h4-6,9-13H,7-8H2,1-3H3. The van der Waals surface area contributed by atoms with Crippen LogP contribution in [0.4, 0.5) is 0 Å². The lowest BCUT2D eigenvalue weighted by molar-refractivity contribution is 0.0695. The van der Waals surface area contributed by atoms with Crippen molar-refractivity contribution < 1.29 is 4.79 Å². The van der Waals surface area contributed by atoms with E-state index in [2.05, 4.69) is 20.1 Å². The molecule has 0 aliphatic carbocycles. The Morgan fingerprint density at radius 1 is 1.21 bits per heavy atom. The maximum Gasteiger partial charge on any atom is 0.254 e. The van der Waals surface area contributed by atoms with E-state index in [1.54, 1.807) is 57.6 Å². The first-order chi connectivity index (χ1) is 14.0. The van der Waals surface area contributed by atoms with Crippen LogP contribution >= 0.6 is 35.1 Å². The zero-order chi connectivity index (χ0) is 20.8. The van der Waals surface area contributed by atoms with Crippen molar-refractivity contribution in [3.05, 3.63) is 59.4 Å². The summed E-state index contributed by atoms with van der Waals surface area (Å²) in [5.41, 5.74) is 0.553. The van der Waals surface area contributed by atoms with Gasteiger partial charge in [0, 0.05) is 40.2 Å². The number of aromatic nitrogens is 5. The molecule has 0 spiro atoms. The summed E-state index contributed by atoms with van der Waals surface area (Å²) in [5.74, 6) is 1.70. The molecule has 7 nitrogen and oxygen atoms in total. The van der Waals surface area contributed by atoms with Crippen LogP contribution in [-0.4, -0.2) is 60.3 Å². The Morgan fingerprint density at radius 2 is 1.97 bits per heavy atom. The lowest BCUT2D eigenvalue weighted by atomic mass is 10.1. The molecule has 1 amide bonds. The van der Waals surface area contributed by atoms with Gasteiger partial charge in [-0.25, -0.2) is 15.0 Å². The van der Waals surface area contributed by atoms with Gasteiger partial charge in [-0.15, -0.1) is 11.8 Å². The highest BCUT2D eigenvalue weighted by atomic mass is 35.5. The summed E-state index contributed by atoms with van der Waals surface area (Å²) in [6.07, 6.45) is 8.70. The third-order valence-corrected chi connectivity index (χ3v) is 5.82. The highest BCUT2D eigenvalue weighted by Gasteiger charge is 2.27. The summed E-state index contributed by atoms with van der Waals surface area (Å²) in [4.78, 5) is 29.0. The normalized spacial score (nSPS) is 12.0. The molecule has 0 fully saturated rings. The Morgan fingerprint density at radius 3 is 2.66 bits per heavy atom. The SMILES string of the molecule is CSCCN(C(=O)c1cc(Cl)cc(SC)c1)C(C)c1ncnn1-c1ncccn1. The molecule has 3 aromatic rings. The van der Waals surface area contributed by atoms with Crippen LogP contribution in [0.3, 0.4) is 0 Å². The molecule has 10 heteroatoms. The molecule has 0 N–H and O–H groups in total. The van der Waals surface area contributed by atoms with Crippen molar-refractivity contribution in [2.75, 3.05) is 24.8 Å². The summed E-state index contributed by atoms with van der Waals surface area (Å²) < 4.78 is 1.56. The maximum absolute atomic E-state index is 13.4. The fourth-order valence-corrected chi connectivity index (χ4v) is 4.03. The number of nitrogens with zero attached hydrogens (tertiary/aromatic N) is 6. The molecule has 1 aromatic carbocycles. The number of carbonyl (C=O) groups is 1. The summed E-state index contributed by atoms with van der Waals surface area (Å²) in [5, 5.41) is 4.80. The van der Waals surface area contributed by atoms with Gasteiger partial charge in [0.25, 0.3) is 11.9 Å². The number of rotatable bonds is 8. The van der Waals surface area contributed by atoms with Crippen LogP contribution < -0.4 is 0 Å². The molecule has 0 aliphatic rings. The molecule has 3 rings (SSSR count). The minimum Gasteiger partial charge on any atom is -0.328 e. The van der Waals surface area contributed by atoms with E-state index in [0.29, 0.717) is 28.9 Å². The van der Waals surface area contributed by atoms with Gasteiger partial charge in [0.1, 0.15) is 6.33 Å². The van der Waals surface area contributed by atoms with Crippen LogP contribution in [0.25, 0.3) is 5.95 Å². The van der Waals surface area contributed by atoms with Gasteiger partial charge in [0.2, 0.25) is 0 Å². The van der Waals surface area contributed by atoms with Crippen LogP contribution in [0.1, 0.15) is 29.1 Å². The molecular formula is C19H21ClN6OS2. The van der Waals surface area contributed by atoms with Crippen molar-refractivity contribution in [1.29, 1.82) is 0 Å². The molecule has 152 valence electrons. The van der Waals surface area contributed by atoms with Crippen LogP contribution in [0.2, 0.25) is 5.02 Å². The minimum absolute atomic E-state index is 0.104. The number of halogens is 1. The van der Waals surface area contributed by atoms with Gasteiger partial charge in [0.05, 0.1) is 6.04 Å². The number of thioether (sulfide) groups is 2. The first kappa shape index (κ1) is 21.6. The van der Waals surface area contributed by atoms with Crippen molar-refractivity contribution in [2.45, 2.75) is 17.9 Å². The van der Waals surface area contributed by atoms with E-state index in [0.717, 1.165) is 10.6 Å². The highest BCUT2D eigenvalue weighted by molar-refractivity contribution is 7.98.